The Kier molecular flexibility index (Phi) is 4.81. The molecule has 0 bridgehead atoms. The zero-order chi connectivity index (χ0) is 20.1. The molecule has 0 saturated heterocycles. The van der Waals surface area contributed by atoms with Gasteiger partial charge in [0, 0.05) is 22.9 Å². The van der Waals surface area contributed by atoms with Crippen LogP contribution in [0.2, 0.25) is 0 Å². The summed E-state index contributed by atoms with van der Waals surface area (Å²) in [5.41, 5.74) is 0.418. The normalized spacial score (nSPS) is 38.2. The lowest BCUT2D eigenvalue weighted by atomic mass is 9.45. The maximum Gasteiger partial charge on any atom is 0.336 e. The minimum absolute atomic E-state index is 0.0495. The molecule has 0 unspecified atom stereocenters. The van der Waals surface area contributed by atoms with Crippen LogP contribution in [0, 0.1) is 28.6 Å². The fourth-order valence-corrected chi connectivity index (χ4v) is 5.97. The summed E-state index contributed by atoms with van der Waals surface area (Å²) in [7, 11) is 0. The number of rotatable bonds is 3. The molecule has 2 fully saturated rings. The van der Waals surface area contributed by atoms with Crippen molar-refractivity contribution in [3.8, 4) is 5.75 Å². The van der Waals surface area contributed by atoms with Crippen LogP contribution in [0.4, 0.5) is 0 Å². The Balaban J connectivity index is 1.59. The van der Waals surface area contributed by atoms with Crippen LogP contribution in [-0.2, 0) is 0 Å². The molecule has 1 aromatic carbocycles. The van der Waals surface area contributed by atoms with Gasteiger partial charge in [-0.1, -0.05) is 27.7 Å². The molecule has 0 aliphatic heterocycles. The third-order valence-electron chi connectivity index (χ3n) is 8.35. The first-order valence-corrected chi connectivity index (χ1v) is 10.6. The van der Waals surface area contributed by atoms with Crippen LogP contribution in [0.15, 0.2) is 39.5 Å². The van der Waals surface area contributed by atoms with Gasteiger partial charge in [-0.15, -0.1) is 0 Å². The van der Waals surface area contributed by atoms with Gasteiger partial charge in [0.25, 0.3) is 0 Å². The highest BCUT2D eigenvalue weighted by atomic mass is 16.5. The van der Waals surface area contributed by atoms with Crippen LogP contribution in [0.25, 0.3) is 11.0 Å². The Hall–Kier alpha value is -1.81. The van der Waals surface area contributed by atoms with E-state index in [0.717, 1.165) is 30.4 Å². The van der Waals surface area contributed by atoms with Gasteiger partial charge in [-0.25, -0.2) is 4.79 Å². The van der Waals surface area contributed by atoms with Gasteiger partial charge < -0.3 is 14.3 Å². The van der Waals surface area contributed by atoms with Gasteiger partial charge in [-0.2, -0.15) is 0 Å². The molecular weight excluding hydrogens is 352 g/mol. The summed E-state index contributed by atoms with van der Waals surface area (Å²) < 4.78 is 11.6. The van der Waals surface area contributed by atoms with Gasteiger partial charge in [0.1, 0.15) is 11.3 Å². The molecule has 2 aromatic rings. The number of hydrogen-bond donors (Lipinski definition) is 1. The third kappa shape index (κ3) is 3.06. The van der Waals surface area contributed by atoms with Crippen LogP contribution >= 0.6 is 0 Å². The Morgan fingerprint density at radius 1 is 1.14 bits per heavy atom. The highest BCUT2D eigenvalue weighted by Crippen LogP contribution is 2.61. The average Bonchev–Trinajstić information content (AvgIpc) is 2.67. The van der Waals surface area contributed by atoms with Crippen molar-refractivity contribution in [3.63, 3.8) is 0 Å². The molecule has 0 spiro atoms. The summed E-state index contributed by atoms with van der Waals surface area (Å²) in [6, 6.07) is 8.91. The van der Waals surface area contributed by atoms with E-state index in [4.69, 9.17) is 9.15 Å². The molecule has 1 aromatic heterocycles. The second-order valence-corrected chi connectivity index (χ2v) is 9.68. The topological polar surface area (TPSA) is 59.7 Å². The van der Waals surface area contributed by atoms with E-state index in [1.54, 1.807) is 6.07 Å². The minimum atomic E-state index is -0.344. The van der Waals surface area contributed by atoms with Crippen LogP contribution in [0.1, 0.15) is 53.4 Å². The molecule has 152 valence electrons. The SMILES string of the molecule is C[C@@H]1[C@@H](O)CC[C@H]2[C@]1(C)CC[C@H](C)[C@]2(C)COc1ccc2ccc(=O)oc2c1. The van der Waals surface area contributed by atoms with Gasteiger partial charge in [-0.05, 0) is 67.1 Å². The van der Waals surface area contributed by atoms with Crippen molar-refractivity contribution >= 4 is 11.0 Å². The zero-order valence-corrected chi connectivity index (χ0v) is 17.4. The second-order valence-electron chi connectivity index (χ2n) is 9.68. The molecule has 6 atom stereocenters. The van der Waals surface area contributed by atoms with Crippen LogP contribution in [-0.4, -0.2) is 17.8 Å². The van der Waals surface area contributed by atoms with E-state index < -0.39 is 0 Å². The van der Waals surface area contributed by atoms with Gasteiger partial charge in [0.2, 0.25) is 0 Å². The lowest BCUT2D eigenvalue weighted by Gasteiger charge is -2.60. The summed E-state index contributed by atoms with van der Waals surface area (Å²) >= 11 is 0. The van der Waals surface area contributed by atoms with E-state index in [1.165, 1.54) is 12.5 Å². The summed E-state index contributed by atoms with van der Waals surface area (Å²) in [6.07, 6.45) is 4.08. The van der Waals surface area contributed by atoms with Crippen LogP contribution < -0.4 is 10.4 Å². The molecule has 1 N–H and O–H groups in total. The van der Waals surface area contributed by atoms with E-state index in [2.05, 4.69) is 27.7 Å². The number of ether oxygens (including phenoxy) is 1. The van der Waals surface area contributed by atoms with Crippen LogP contribution in [0.5, 0.6) is 5.75 Å². The molecule has 0 amide bonds. The average molecular weight is 385 g/mol. The van der Waals surface area contributed by atoms with Gasteiger partial charge in [0.15, 0.2) is 0 Å². The summed E-state index contributed by atoms with van der Waals surface area (Å²) in [4.78, 5) is 11.5. The van der Waals surface area contributed by atoms with E-state index in [9.17, 15) is 9.90 Å². The van der Waals surface area contributed by atoms with E-state index in [1.807, 2.05) is 18.2 Å². The summed E-state index contributed by atoms with van der Waals surface area (Å²) in [5.74, 6) is 2.14. The number of aliphatic hydroxyl groups is 1. The smallest absolute Gasteiger partial charge is 0.336 e. The van der Waals surface area contributed by atoms with Crippen molar-refractivity contribution < 1.29 is 14.3 Å². The Bertz CT molecular complexity index is 918. The fourth-order valence-electron chi connectivity index (χ4n) is 5.97. The number of hydrogen-bond acceptors (Lipinski definition) is 4. The molecule has 2 aliphatic rings. The molecule has 4 rings (SSSR count). The van der Waals surface area contributed by atoms with Crippen molar-refractivity contribution in [3.05, 3.63) is 40.8 Å². The lowest BCUT2D eigenvalue weighted by Crippen LogP contribution is -2.57. The predicted molar refractivity (Wildman–Crippen MR) is 110 cm³/mol. The first-order valence-electron chi connectivity index (χ1n) is 10.6. The van der Waals surface area contributed by atoms with Gasteiger partial charge in [-0.3, -0.25) is 0 Å². The monoisotopic (exact) mass is 384 g/mol. The highest BCUT2D eigenvalue weighted by molar-refractivity contribution is 5.77. The molecule has 4 heteroatoms. The molecule has 1 heterocycles. The quantitative estimate of drug-likeness (QED) is 0.755. The second kappa shape index (κ2) is 6.91. The molecule has 2 aliphatic carbocycles. The third-order valence-corrected chi connectivity index (χ3v) is 8.35. The molecule has 0 radical (unpaired) electrons. The van der Waals surface area contributed by atoms with Crippen molar-refractivity contribution in [2.75, 3.05) is 6.61 Å². The van der Waals surface area contributed by atoms with E-state index in [-0.39, 0.29) is 22.6 Å². The van der Waals surface area contributed by atoms with E-state index in [0.29, 0.717) is 29.9 Å². The first-order chi connectivity index (χ1) is 13.2. The Morgan fingerprint density at radius 3 is 2.68 bits per heavy atom. The largest absolute Gasteiger partial charge is 0.493 e. The molecule has 4 nitrogen and oxygen atoms in total. The van der Waals surface area contributed by atoms with Crippen molar-refractivity contribution in [1.29, 1.82) is 0 Å². The molecular formula is C24H32O4. The van der Waals surface area contributed by atoms with Crippen molar-refractivity contribution in [2.45, 2.75) is 59.5 Å². The maximum atomic E-state index is 11.5. The van der Waals surface area contributed by atoms with E-state index >= 15 is 0 Å². The summed E-state index contributed by atoms with van der Waals surface area (Å²) in [6.45, 7) is 9.95. The lowest BCUT2D eigenvalue weighted by molar-refractivity contribution is -0.152. The van der Waals surface area contributed by atoms with Gasteiger partial charge in [0.05, 0.1) is 12.7 Å². The number of benzene rings is 1. The fraction of sp³-hybridized carbons (Fsp3) is 0.625. The highest BCUT2D eigenvalue weighted by Gasteiger charge is 2.57. The Morgan fingerprint density at radius 2 is 1.89 bits per heavy atom. The Labute approximate surface area is 166 Å². The maximum absolute atomic E-state index is 11.5. The minimum Gasteiger partial charge on any atom is -0.493 e. The molecule has 28 heavy (non-hydrogen) atoms. The number of fused-ring (bicyclic) bond motifs is 2. The van der Waals surface area contributed by atoms with Crippen molar-refractivity contribution in [1.82, 2.24) is 0 Å². The van der Waals surface area contributed by atoms with Crippen molar-refractivity contribution in [2.24, 2.45) is 28.6 Å². The standard InChI is InChI=1S/C24H32O4/c1-15-11-12-23(3)16(2)19(25)8-9-21(23)24(15,4)14-27-18-7-5-17-6-10-22(26)28-20(17)13-18/h5-7,10,13,15-16,19,21,25H,8-9,11-12,14H2,1-4H3/t15-,16+,19-,21-,23+,24-/m0/s1. The molecule has 2 saturated carbocycles. The zero-order valence-electron chi connectivity index (χ0n) is 17.4. The van der Waals surface area contributed by atoms with Crippen LogP contribution in [0.3, 0.4) is 0 Å². The number of aliphatic hydroxyl groups excluding tert-OH is 1. The first kappa shape index (κ1) is 19.5. The van der Waals surface area contributed by atoms with Gasteiger partial charge >= 0.3 is 5.63 Å². The summed E-state index contributed by atoms with van der Waals surface area (Å²) in [5, 5.41) is 11.4. The predicted octanol–water partition coefficient (Wildman–Crippen LogP) is 5.02.